The normalized spacial score (nSPS) is 13.1. The van der Waals surface area contributed by atoms with E-state index in [-0.39, 0.29) is 11.9 Å². The number of methoxy groups -OCH3 is 1. The van der Waals surface area contributed by atoms with Crippen LogP contribution in [0.4, 0.5) is 5.00 Å². The maximum absolute atomic E-state index is 12.1. The van der Waals surface area contributed by atoms with Crippen LogP contribution in [0.2, 0.25) is 0 Å². The molecule has 0 atom stereocenters. The monoisotopic (exact) mass is 327 g/mol. The van der Waals surface area contributed by atoms with Crippen LogP contribution in [0, 0.1) is 0 Å². The highest BCUT2D eigenvalue weighted by Gasteiger charge is 2.27. The van der Waals surface area contributed by atoms with E-state index in [2.05, 4.69) is 5.32 Å². The molecule has 0 aliphatic heterocycles. The molecule has 4 nitrogen and oxygen atoms in total. The fourth-order valence-electron chi connectivity index (χ4n) is 2.70. The van der Waals surface area contributed by atoms with Crippen LogP contribution in [0.15, 0.2) is 36.4 Å². The van der Waals surface area contributed by atoms with Gasteiger partial charge in [-0.05, 0) is 36.5 Å². The molecule has 0 unspecified atom stereocenters. The van der Waals surface area contributed by atoms with Gasteiger partial charge >= 0.3 is 5.97 Å². The average Bonchev–Trinajstić information content (AvgIpc) is 3.14. The lowest BCUT2D eigenvalue weighted by atomic mass is 10.1. The predicted molar refractivity (Wildman–Crippen MR) is 91.8 cm³/mol. The van der Waals surface area contributed by atoms with Crippen molar-refractivity contribution in [1.82, 2.24) is 0 Å². The van der Waals surface area contributed by atoms with Crippen molar-refractivity contribution in [3.8, 4) is 0 Å². The van der Waals surface area contributed by atoms with Gasteiger partial charge in [0.25, 0.3) is 0 Å². The highest BCUT2D eigenvalue weighted by Crippen LogP contribution is 2.39. The maximum atomic E-state index is 12.1. The fourth-order valence-corrected chi connectivity index (χ4v) is 3.98. The van der Waals surface area contributed by atoms with E-state index in [1.165, 1.54) is 29.4 Å². The van der Waals surface area contributed by atoms with Crippen molar-refractivity contribution in [2.75, 3.05) is 12.4 Å². The van der Waals surface area contributed by atoms with E-state index in [0.29, 0.717) is 10.6 Å². The summed E-state index contributed by atoms with van der Waals surface area (Å²) < 4.78 is 4.87. The third kappa shape index (κ3) is 3.35. The molecule has 1 amide bonds. The molecule has 2 aromatic rings. The van der Waals surface area contributed by atoms with Gasteiger partial charge in [0.15, 0.2) is 0 Å². The minimum atomic E-state index is -0.383. The summed E-state index contributed by atoms with van der Waals surface area (Å²) in [4.78, 5) is 25.3. The second-order valence-electron chi connectivity index (χ2n) is 5.29. The predicted octanol–water partition coefficient (Wildman–Crippen LogP) is 3.68. The van der Waals surface area contributed by atoms with Crippen LogP contribution in [0.3, 0.4) is 0 Å². The van der Waals surface area contributed by atoms with Gasteiger partial charge in [0.05, 0.1) is 12.7 Å². The topological polar surface area (TPSA) is 55.4 Å². The lowest BCUT2D eigenvalue weighted by Crippen LogP contribution is -2.12. The number of rotatable bonds is 4. The average molecular weight is 327 g/mol. The van der Waals surface area contributed by atoms with E-state index in [4.69, 9.17) is 4.74 Å². The van der Waals surface area contributed by atoms with Gasteiger partial charge in [-0.3, -0.25) is 4.79 Å². The molecule has 1 aromatic carbocycles. The molecular formula is C18H17NO3S. The first kappa shape index (κ1) is 15.5. The van der Waals surface area contributed by atoms with Gasteiger partial charge in [-0.15, -0.1) is 11.3 Å². The van der Waals surface area contributed by atoms with Crippen molar-refractivity contribution in [2.24, 2.45) is 0 Å². The first-order valence-corrected chi connectivity index (χ1v) is 8.27. The molecule has 1 aliphatic rings. The number of ether oxygens (including phenoxy) is 1. The maximum Gasteiger partial charge on any atom is 0.341 e. The van der Waals surface area contributed by atoms with Crippen LogP contribution in [-0.4, -0.2) is 19.0 Å². The third-order valence-corrected chi connectivity index (χ3v) is 4.98. The number of amides is 1. The minimum Gasteiger partial charge on any atom is -0.465 e. The van der Waals surface area contributed by atoms with Crippen molar-refractivity contribution in [2.45, 2.75) is 19.3 Å². The van der Waals surface area contributed by atoms with Gasteiger partial charge in [0.2, 0.25) is 5.91 Å². The van der Waals surface area contributed by atoms with Crippen molar-refractivity contribution in [1.29, 1.82) is 0 Å². The van der Waals surface area contributed by atoms with Gasteiger partial charge in [0, 0.05) is 11.0 Å². The smallest absolute Gasteiger partial charge is 0.341 e. The Balaban J connectivity index is 1.79. The van der Waals surface area contributed by atoms with Gasteiger partial charge < -0.3 is 10.1 Å². The number of hydrogen-bond acceptors (Lipinski definition) is 4. The first-order chi connectivity index (χ1) is 11.2. The second kappa shape index (κ2) is 6.79. The van der Waals surface area contributed by atoms with Crippen molar-refractivity contribution in [3.63, 3.8) is 0 Å². The summed E-state index contributed by atoms with van der Waals surface area (Å²) in [7, 11) is 1.36. The van der Waals surface area contributed by atoms with Crippen LogP contribution in [0.1, 0.15) is 32.8 Å². The molecule has 1 heterocycles. The molecule has 0 fully saturated rings. The Hall–Kier alpha value is -2.40. The molecule has 0 spiro atoms. The quantitative estimate of drug-likeness (QED) is 0.688. The van der Waals surface area contributed by atoms with Crippen molar-refractivity contribution in [3.05, 3.63) is 58.0 Å². The van der Waals surface area contributed by atoms with E-state index in [9.17, 15) is 9.59 Å². The zero-order valence-electron chi connectivity index (χ0n) is 12.8. The third-order valence-electron chi connectivity index (χ3n) is 3.77. The number of benzene rings is 1. The molecule has 1 aliphatic carbocycles. The van der Waals surface area contributed by atoms with Crippen molar-refractivity contribution < 1.29 is 14.3 Å². The lowest BCUT2D eigenvalue weighted by Gasteiger charge is -2.05. The molecule has 118 valence electrons. The van der Waals surface area contributed by atoms with E-state index in [1.54, 1.807) is 6.08 Å². The molecule has 3 rings (SSSR count). The number of anilines is 1. The van der Waals surface area contributed by atoms with Crippen LogP contribution in [0.5, 0.6) is 0 Å². The Morgan fingerprint density at radius 2 is 2.00 bits per heavy atom. The SMILES string of the molecule is COC(=O)c1c(NC(=O)/C=C\c2ccccc2)sc2c1CCC2. The molecule has 0 saturated carbocycles. The highest BCUT2D eigenvalue weighted by molar-refractivity contribution is 7.17. The molecular weight excluding hydrogens is 310 g/mol. The summed E-state index contributed by atoms with van der Waals surface area (Å²) in [5.41, 5.74) is 2.50. The fraction of sp³-hybridized carbons (Fsp3) is 0.222. The Labute approximate surface area is 138 Å². The van der Waals surface area contributed by atoms with Crippen LogP contribution >= 0.6 is 11.3 Å². The Morgan fingerprint density at radius 1 is 1.22 bits per heavy atom. The summed E-state index contributed by atoms with van der Waals surface area (Å²) in [5, 5.41) is 3.40. The Morgan fingerprint density at radius 3 is 2.74 bits per heavy atom. The van der Waals surface area contributed by atoms with E-state index in [0.717, 1.165) is 30.4 Å². The number of hydrogen-bond donors (Lipinski definition) is 1. The largest absolute Gasteiger partial charge is 0.465 e. The number of aryl methyl sites for hydroxylation is 1. The first-order valence-electron chi connectivity index (χ1n) is 7.46. The molecule has 5 heteroatoms. The zero-order chi connectivity index (χ0) is 16.2. The van der Waals surface area contributed by atoms with Crippen LogP contribution in [0.25, 0.3) is 6.08 Å². The van der Waals surface area contributed by atoms with Crippen molar-refractivity contribution >= 4 is 34.3 Å². The molecule has 0 bridgehead atoms. The van der Waals surface area contributed by atoms with Crippen LogP contribution < -0.4 is 5.32 Å². The summed E-state index contributed by atoms with van der Waals surface area (Å²) in [5.74, 6) is -0.634. The summed E-state index contributed by atoms with van der Waals surface area (Å²) >= 11 is 1.48. The Kier molecular flexibility index (Phi) is 4.57. The summed E-state index contributed by atoms with van der Waals surface area (Å²) in [6.07, 6.45) is 6.09. The van der Waals surface area contributed by atoms with Gasteiger partial charge in [-0.25, -0.2) is 4.79 Å². The highest BCUT2D eigenvalue weighted by atomic mass is 32.1. The number of carbonyl (C=O) groups is 2. The molecule has 23 heavy (non-hydrogen) atoms. The molecule has 1 N–H and O–H groups in total. The van der Waals surface area contributed by atoms with E-state index < -0.39 is 0 Å². The van der Waals surface area contributed by atoms with Gasteiger partial charge in [-0.2, -0.15) is 0 Å². The lowest BCUT2D eigenvalue weighted by molar-refractivity contribution is -0.111. The second-order valence-corrected chi connectivity index (χ2v) is 6.39. The molecule has 1 aromatic heterocycles. The minimum absolute atomic E-state index is 0.251. The van der Waals surface area contributed by atoms with E-state index in [1.807, 2.05) is 30.3 Å². The van der Waals surface area contributed by atoms with Crippen LogP contribution in [-0.2, 0) is 22.4 Å². The zero-order valence-corrected chi connectivity index (χ0v) is 13.6. The Bertz CT molecular complexity index is 762. The standard InChI is InChI=1S/C18H17NO3S/c1-22-18(21)16-13-8-5-9-14(13)23-17(16)19-15(20)11-10-12-6-3-2-4-7-12/h2-4,6-7,10-11H,5,8-9H2,1H3,(H,19,20)/b11-10-. The van der Waals surface area contributed by atoms with Gasteiger partial charge in [-0.1, -0.05) is 30.3 Å². The number of carbonyl (C=O) groups excluding carboxylic acids is 2. The number of esters is 1. The molecule has 0 saturated heterocycles. The number of fused-ring (bicyclic) bond motifs is 1. The summed E-state index contributed by atoms with van der Waals surface area (Å²) in [6.45, 7) is 0. The van der Waals surface area contributed by atoms with E-state index >= 15 is 0 Å². The number of nitrogens with one attached hydrogen (secondary N) is 1. The summed E-state index contributed by atoms with van der Waals surface area (Å²) in [6, 6.07) is 9.59. The molecule has 0 radical (unpaired) electrons. The number of thiophene rings is 1. The van der Waals surface area contributed by atoms with Gasteiger partial charge in [0.1, 0.15) is 5.00 Å².